The van der Waals surface area contributed by atoms with Gasteiger partial charge < -0.3 is 24.5 Å². The summed E-state index contributed by atoms with van der Waals surface area (Å²) in [5, 5.41) is 5.85. The first-order chi connectivity index (χ1) is 14.1. The molecule has 2 aliphatic rings. The second-order valence-corrected chi connectivity index (χ2v) is 7.35. The van der Waals surface area contributed by atoms with Gasteiger partial charge in [0.15, 0.2) is 0 Å². The first kappa shape index (κ1) is 19.1. The van der Waals surface area contributed by atoms with Gasteiger partial charge in [0.05, 0.1) is 44.6 Å². The van der Waals surface area contributed by atoms with Crippen LogP contribution in [0.15, 0.2) is 53.2 Å². The Balaban J connectivity index is 1.49. The van der Waals surface area contributed by atoms with Gasteiger partial charge in [0, 0.05) is 6.07 Å². The van der Waals surface area contributed by atoms with Gasteiger partial charge in [-0.05, 0) is 42.5 Å². The van der Waals surface area contributed by atoms with Gasteiger partial charge >= 0.3 is 0 Å². The van der Waals surface area contributed by atoms with E-state index < -0.39 is 11.8 Å². The normalized spacial score (nSPS) is 24.3. The predicted molar refractivity (Wildman–Crippen MR) is 106 cm³/mol. The quantitative estimate of drug-likeness (QED) is 0.703. The van der Waals surface area contributed by atoms with Crippen molar-refractivity contribution in [2.45, 2.75) is 13.0 Å². The molecule has 0 saturated heterocycles. The molecule has 4 rings (SSSR count). The number of benzene rings is 1. The zero-order chi connectivity index (χ0) is 20.4. The van der Waals surface area contributed by atoms with Crippen molar-refractivity contribution in [3.63, 3.8) is 0 Å². The summed E-state index contributed by atoms with van der Waals surface area (Å²) in [5.41, 5.74) is 0.555. The summed E-state index contributed by atoms with van der Waals surface area (Å²) < 4.78 is 15.8. The van der Waals surface area contributed by atoms with Crippen molar-refractivity contribution in [1.29, 1.82) is 0 Å². The molecule has 1 heterocycles. The molecule has 1 aromatic carbocycles. The number of hydrogen-bond donors (Lipinski definition) is 2. The Morgan fingerprint density at radius 3 is 2.48 bits per heavy atom. The van der Waals surface area contributed by atoms with Gasteiger partial charge in [-0.15, -0.1) is 0 Å². The second kappa shape index (κ2) is 8.03. The highest BCUT2D eigenvalue weighted by atomic mass is 16.5. The molecule has 7 nitrogen and oxygen atoms in total. The van der Waals surface area contributed by atoms with Crippen molar-refractivity contribution in [2.75, 3.05) is 19.5 Å². The second-order valence-electron chi connectivity index (χ2n) is 7.35. The Labute approximate surface area is 169 Å². The number of allylic oxidation sites excluding steroid dienone is 2. The van der Waals surface area contributed by atoms with E-state index >= 15 is 0 Å². The van der Waals surface area contributed by atoms with Crippen molar-refractivity contribution >= 4 is 17.5 Å². The van der Waals surface area contributed by atoms with Crippen molar-refractivity contribution in [2.24, 2.45) is 23.7 Å². The van der Waals surface area contributed by atoms with Crippen LogP contribution in [0, 0.1) is 23.7 Å². The van der Waals surface area contributed by atoms with E-state index in [2.05, 4.69) is 22.8 Å². The minimum Gasteiger partial charge on any atom is -0.497 e. The molecule has 0 aliphatic heterocycles. The zero-order valence-electron chi connectivity index (χ0n) is 16.4. The van der Waals surface area contributed by atoms with Gasteiger partial charge in [-0.3, -0.25) is 9.59 Å². The maximum atomic E-state index is 13.1. The topological polar surface area (TPSA) is 89.8 Å². The lowest BCUT2D eigenvalue weighted by Gasteiger charge is -2.26. The van der Waals surface area contributed by atoms with E-state index in [4.69, 9.17) is 13.9 Å². The van der Waals surface area contributed by atoms with Crippen LogP contribution in [0.2, 0.25) is 0 Å². The third kappa shape index (κ3) is 3.72. The van der Waals surface area contributed by atoms with Crippen LogP contribution >= 0.6 is 0 Å². The smallest absolute Gasteiger partial charge is 0.229 e. The van der Waals surface area contributed by atoms with E-state index in [1.807, 2.05) is 0 Å². The molecule has 1 fully saturated rings. The average molecular weight is 396 g/mol. The molecule has 2 N–H and O–H groups in total. The van der Waals surface area contributed by atoms with Crippen LogP contribution in [0.4, 0.5) is 5.69 Å². The van der Waals surface area contributed by atoms with Crippen LogP contribution in [-0.4, -0.2) is 26.0 Å². The van der Waals surface area contributed by atoms with Gasteiger partial charge in [0.2, 0.25) is 11.8 Å². The minimum atomic E-state index is -0.423. The van der Waals surface area contributed by atoms with Crippen LogP contribution in [0.3, 0.4) is 0 Å². The molecule has 2 amide bonds. The number of methoxy groups -OCH3 is 2. The van der Waals surface area contributed by atoms with E-state index in [1.54, 1.807) is 43.7 Å². The molecular weight excluding hydrogens is 372 g/mol. The van der Waals surface area contributed by atoms with Crippen molar-refractivity contribution in [1.82, 2.24) is 5.32 Å². The molecule has 29 heavy (non-hydrogen) atoms. The molecule has 2 aliphatic carbocycles. The first-order valence-corrected chi connectivity index (χ1v) is 9.62. The maximum Gasteiger partial charge on any atom is 0.229 e. The Hall–Kier alpha value is -3.22. The lowest BCUT2D eigenvalue weighted by molar-refractivity contribution is -0.133. The average Bonchev–Trinajstić information content (AvgIpc) is 3.49. The van der Waals surface area contributed by atoms with Gasteiger partial charge in [0.1, 0.15) is 17.3 Å². The lowest BCUT2D eigenvalue weighted by atomic mass is 9.81. The Bertz CT molecular complexity index is 921. The minimum absolute atomic E-state index is 0.0589. The Morgan fingerprint density at radius 1 is 1.07 bits per heavy atom. The molecule has 2 aromatic rings. The molecule has 1 saturated carbocycles. The number of amides is 2. The first-order valence-electron chi connectivity index (χ1n) is 9.62. The van der Waals surface area contributed by atoms with E-state index in [1.165, 1.54) is 7.11 Å². The number of carbonyl (C=O) groups excluding carboxylic acids is 2. The number of nitrogens with one attached hydrogen (secondary N) is 2. The molecule has 0 spiro atoms. The van der Waals surface area contributed by atoms with Crippen LogP contribution < -0.4 is 20.1 Å². The summed E-state index contributed by atoms with van der Waals surface area (Å²) in [6, 6.07) is 8.79. The fourth-order valence-corrected chi connectivity index (χ4v) is 4.36. The Morgan fingerprint density at radius 2 is 1.83 bits per heavy atom. The molecule has 2 bridgehead atoms. The van der Waals surface area contributed by atoms with Crippen LogP contribution in [0.5, 0.6) is 11.5 Å². The number of furan rings is 1. The highest BCUT2D eigenvalue weighted by Gasteiger charge is 2.51. The van der Waals surface area contributed by atoms with Crippen molar-refractivity contribution in [3.05, 3.63) is 54.5 Å². The molecular formula is C22H24N2O5. The van der Waals surface area contributed by atoms with E-state index in [0.717, 1.165) is 6.42 Å². The molecule has 1 aromatic heterocycles. The number of carbonyl (C=O) groups is 2. The molecule has 4 atom stereocenters. The van der Waals surface area contributed by atoms with Crippen molar-refractivity contribution < 1.29 is 23.5 Å². The van der Waals surface area contributed by atoms with Crippen LogP contribution in [-0.2, 0) is 16.1 Å². The van der Waals surface area contributed by atoms with Gasteiger partial charge in [-0.1, -0.05) is 12.2 Å². The number of fused-ring (bicyclic) bond motifs is 2. The van der Waals surface area contributed by atoms with E-state index in [9.17, 15) is 9.59 Å². The van der Waals surface area contributed by atoms with Crippen LogP contribution in [0.1, 0.15) is 12.2 Å². The van der Waals surface area contributed by atoms with E-state index in [0.29, 0.717) is 29.5 Å². The molecule has 0 unspecified atom stereocenters. The molecule has 0 radical (unpaired) electrons. The maximum absolute atomic E-state index is 13.1. The number of hydrogen-bond acceptors (Lipinski definition) is 5. The van der Waals surface area contributed by atoms with Gasteiger partial charge in [-0.25, -0.2) is 0 Å². The van der Waals surface area contributed by atoms with Crippen molar-refractivity contribution in [3.8, 4) is 11.5 Å². The number of ether oxygens (including phenoxy) is 2. The van der Waals surface area contributed by atoms with Gasteiger partial charge in [-0.2, -0.15) is 0 Å². The molecule has 152 valence electrons. The summed E-state index contributed by atoms with van der Waals surface area (Å²) in [5.74, 6) is 0.837. The Kier molecular flexibility index (Phi) is 5.29. The number of rotatable bonds is 7. The molecule has 7 heteroatoms. The summed E-state index contributed by atoms with van der Waals surface area (Å²) >= 11 is 0. The highest BCUT2D eigenvalue weighted by Crippen LogP contribution is 2.48. The fourth-order valence-electron chi connectivity index (χ4n) is 4.36. The standard InChI is InChI=1S/C22H24N2O5/c1-27-15-7-8-17(18(11-15)28-2)24-22(26)20-14-6-5-13(10-14)19(20)21(25)23-12-16-4-3-9-29-16/h3-9,11,13-14,19-20H,10,12H2,1-2H3,(H,23,25)(H,24,26)/t13-,14+,19-,20+/m0/s1. The summed E-state index contributed by atoms with van der Waals surface area (Å²) in [6.07, 6.45) is 6.49. The predicted octanol–water partition coefficient (Wildman–Crippen LogP) is 2.99. The number of anilines is 1. The summed E-state index contributed by atoms with van der Waals surface area (Å²) in [4.78, 5) is 26.0. The lowest BCUT2D eigenvalue weighted by Crippen LogP contribution is -2.41. The van der Waals surface area contributed by atoms with Crippen LogP contribution in [0.25, 0.3) is 0 Å². The van der Waals surface area contributed by atoms with Gasteiger partial charge in [0.25, 0.3) is 0 Å². The SMILES string of the molecule is COc1ccc(NC(=O)[C@H]2[C@@H](C(=O)NCc3ccco3)[C@H]3C=C[C@@H]2C3)c(OC)c1. The highest BCUT2D eigenvalue weighted by molar-refractivity contribution is 5.98. The zero-order valence-corrected chi connectivity index (χ0v) is 16.4. The largest absolute Gasteiger partial charge is 0.497 e. The summed E-state index contributed by atoms with van der Waals surface area (Å²) in [6.45, 7) is 0.310. The fraction of sp³-hybridized carbons (Fsp3) is 0.364. The van der Waals surface area contributed by atoms with E-state index in [-0.39, 0.29) is 23.7 Å². The third-order valence-electron chi connectivity index (χ3n) is 5.75. The summed E-state index contributed by atoms with van der Waals surface area (Å²) in [7, 11) is 3.11. The monoisotopic (exact) mass is 396 g/mol. The third-order valence-corrected chi connectivity index (χ3v) is 5.75.